The highest BCUT2D eigenvalue weighted by Gasteiger charge is 2.16. The molecule has 0 fully saturated rings. The highest BCUT2D eigenvalue weighted by molar-refractivity contribution is 9.11. The van der Waals surface area contributed by atoms with Gasteiger partial charge in [-0.05, 0) is 46.3 Å². The van der Waals surface area contributed by atoms with Crippen LogP contribution in [0.4, 0.5) is 0 Å². The lowest BCUT2D eigenvalue weighted by molar-refractivity contribution is 0.976. The fourth-order valence-corrected chi connectivity index (χ4v) is 3.35. The Hall–Kier alpha value is -0.550. The molecule has 0 aliphatic rings. The molecule has 3 aromatic rings. The maximum Gasteiger partial charge on any atom is 0.129 e. The quantitative estimate of drug-likeness (QED) is 0.456. The molecule has 0 aliphatic carbocycles. The number of halogens is 4. The molecule has 1 aromatic heterocycles. The van der Waals surface area contributed by atoms with Gasteiger partial charge in [-0.2, -0.15) is 0 Å². The molecule has 20 heavy (non-hydrogen) atoms. The molecule has 2 aromatic carbocycles. The van der Waals surface area contributed by atoms with E-state index < -0.39 is 0 Å². The van der Waals surface area contributed by atoms with Crippen molar-refractivity contribution in [2.45, 2.75) is 5.88 Å². The zero-order valence-corrected chi connectivity index (χ0v) is 14.8. The number of rotatable bonds is 2. The van der Waals surface area contributed by atoms with Gasteiger partial charge < -0.3 is 0 Å². The maximum absolute atomic E-state index is 6.34. The summed E-state index contributed by atoms with van der Waals surface area (Å²) >= 11 is 19.4. The Morgan fingerprint density at radius 3 is 2.70 bits per heavy atom. The number of hydrogen-bond donors (Lipinski definition) is 0. The fourth-order valence-electron chi connectivity index (χ4n) is 2.14. The fraction of sp³-hybridized carbons (Fsp3) is 0.0714. The van der Waals surface area contributed by atoms with Crippen molar-refractivity contribution in [2.24, 2.45) is 0 Å². The molecule has 0 aliphatic heterocycles. The molecule has 3 rings (SSSR count). The average molecular weight is 435 g/mol. The van der Waals surface area contributed by atoms with Crippen molar-refractivity contribution in [1.29, 1.82) is 0 Å². The van der Waals surface area contributed by atoms with Crippen molar-refractivity contribution in [3.63, 3.8) is 0 Å². The van der Waals surface area contributed by atoms with Crippen molar-refractivity contribution in [3.05, 3.63) is 56.2 Å². The summed E-state index contributed by atoms with van der Waals surface area (Å²) in [6, 6.07) is 11.6. The molecule has 0 unspecified atom stereocenters. The summed E-state index contributed by atoms with van der Waals surface area (Å²) in [5.74, 6) is 1.07. The Balaban J connectivity index is 2.42. The number of aromatic nitrogens is 2. The van der Waals surface area contributed by atoms with E-state index in [1.54, 1.807) is 0 Å². The Bertz CT molecular complexity index is 799. The van der Waals surface area contributed by atoms with Gasteiger partial charge in [0, 0.05) is 8.95 Å². The Morgan fingerprint density at radius 2 is 1.95 bits per heavy atom. The number of nitrogens with zero attached hydrogens (tertiary/aromatic N) is 2. The van der Waals surface area contributed by atoms with Crippen LogP contribution in [0.2, 0.25) is 5.02 Å². The largest absolute Gasteiger partial charge is 0.293 e. The number of para-hydroxylation sites is 1. The number of alkyl halides is 1. The van der Waals surface area contributed by atoms with Crippen LogP contribution in [-0.2, 0) is 5.88 Å². The van der Waals surface area contributed by atoms with Crippen LogP contribution in [0.3, 0.4) is 0 Å². The first-order valence-electron chi connectivity index (χ1n) is 5.79. The summed E-state index contributed by atoms with van der Waals surface area (Å²) in [5.41, 5.74) is 2.65. The molecule has 0 atom stereocenters. The molecular formula is C14H8Br2Cl2N2. The molecule has 0 saturated carbocycles. The third kappa shape index (κ3) is 2.39. The molecule has 102 valence electrons. The summed E-state index contributed by atoms with van der Waals surface area (Å²) in [6.45, 7) is 0. The van der Waals surface area contributed by atoms with E-state index in [0.29, 0.717) is 10.9 Å². The predicted octanol–water partition coefficient (Wildman–Crippen LogP) is 5.94. The average Bonchev–Trinajstić information content (AvgIpc) is 2.81. The van der Waals surface area contributed by atoms with E-state index in [4.69, 9.17) is 23.2 Å². The minimum atomic E-state index is 0.309. The maximum atomic E-state index is 6.34. The van der Waals surface area contributed by atoms with E-state index in [9.17, 15) is 0 Å². The van der Waals surface area contributed by atoms with Gasteiger partial charge >= 0.3 is 0 Å². The van der Waals surface area contributed by atoms with Crippen molar-refractivity contribution in [2.75, 3.05) is 0 Å². The standard InChI is InChI=1S/C14H8Br2Cl2N2/c15-8-4-5-9(16)12(6-8)20-13(7-17)19-11-3-1-2-10(18)14(11)20/h1-6H,7H2. The van der Waals surface area contributed by atoms with Crippen LogP contribution in [0.5, 0.6) is 0 Å². The molecule has 0 amide bonds. The van der Waals surface area contributed by atoms with Crippen LogP contribution >= 0.6 is 55.1 Å². The summed E-state index contributed by atoms with van der Waals surface area (Å²) in [6.07, 6.45) is 0. The van der Waals surface area contributed by atoms with E-state index >= 15 is 0 Å². The first-order chi connectivity index (χ1) is 9.61. The normalized spacial score (nSPS) is 11.2. The van der Waals surface area contributed by atoms with E-state index in [1.165, 1.54) is 0 Å². The van der Waals surface area contributed by atoms with Gasteiger partial charge in [0.05, 0.1) is 27.6 Å². The van der Waals surface area contributed by atoms with Gasteiger partial charge in [-0.1, -0.05) is 33.6 Å². The monoisotopic (exact) mass is 432 g/mol. The summed E-state index contributed by atoms with van der Waals surface area (Å²) in [7, 11) is 0. The van der Waals surface area contributed by atoms with Crippen LogP contribution < -0.4 is 0 Å². The van der Waals surface area contributed by atoms with Crippen LogP contribution in [-0.4, -0.2) is 9.55 Å². The van der Waals surface area contributed by atoms with Gasteiger partial charge in [0.15, 0.2) is 0 Å². The zero-order valence-electron chi connectivity index (χ0n) is 10.1. The van der Waals surface area contributed by atoms with Gasteiger partial charge in [-0.15, -0.1) is 11.6 Å². The van der Waals surface area contributed by atoms with E-state index in [-0.39, 0.29) is 0 Å². The minimum Gasteiger partial charge on any atom is -0.293 e. The smallest absolute Gasteiger partial charge is 0.129 e. The third-order valence-electron chi connectivity index (χ3n) is 2.97. The SMILES string of the molecule is ClCc1nc2cccc(Cl)c2n1-c1cc(Br)ccc1Br. The van der Waals surface area contributed by atoms with Gasteiger partial charge in [-0.3, -0.25) is 4.57 Å². The van der Waals surface area contributed by atoms with Gasteiger partial charge in [0.1, 0.15) is 5.82 Å². The molecule has 0 spiro atoms. The predicted molar refractivity (Wildman–Crippen MR) is 91.0 cm³/mol. The summed E-state index contributed by atoms with van der Waals surface area (Å²) in [4.78, 5) is 4.55. The lowest BCUT2D eigenvalue weighted by atomic mass is 10.2. The minimum absolute atomic E-state index is 0.309. The number of fused-ring (bicyclic) bond motifs is 1. The Kier molecular flexibility index (Phi) is 4.09. The number of imidazole rings is 1. The topological polar surface area (TPSA) is 17.8 Å². The molecule has 0 bridgehead atoms. The van der Waals surface area contributed by atoms with E-state index in [2.05, 4.69) is 36.8 Å². The second kappa shape index (κ2) is 5.68. The lowest BCUT2D eigenvalue weighted by Crippen LogP contribution is -2.00. The first kappa shape index (κ1) is 14.4. The number of hydrogen-bond acceptors (Lipinski definition) is 1. The van der Waals surface area contributed by atoms with Crippen molar-refractivity contribution in [3.8, 4) is 5.69 Å². The molecule has 0 saturated heterocycles. The van der Waals surface area contributed by atoms with Crippen molar-refractivity contribution in [1.82, 2.24) is 9.55 Å². The van der Waals surface area contributed by atoms with Gasteiger partial charge in [0.2, 0.25) is 0 Å². The van der Waals surface area contributed by atoms with Crippen LogP contribution in [0.15, 0.2) is 45.3 Å². The zero-order chi connectivity index (χ0) is 14.3. The van der Waals surface area contributed by atoms with Crippen molar-refractivity contribution >= 4 is 66.1 Å². The molecular weight excluding hydrogens is 427 g/mol. The van der Waals surface area contributed by atoms with Crippen molar-refractivity contribution < 1.29 is 0 Å². The molecule has 1 heterocycles. The number of benzene rings is 2. The highest BCUT2D eigenvalue weighted by atomic mass is 79.9. The van der Waals surface area contributed by atoms with Crippen LogP contribution in [0.1, 0.15) is 5.82 Å². The summed E-state index contributed by atoms with van der Waals surface area (Å²) < 4.78 is 3.91. The second-order valence-corrected chi connectivity index (χ2v) is 6.64. The molecule has 6 heteroatoms. The summed E-state index contributed by atoms with van der Waals surface area (Å²) in [5, 5.41) is 0.651. The molecule has 2 nitrogen and oxygen atoms in total. The third-order valence-corrected chi connectivity index (χ3v) is 4.67. The Labute approximate surface area is 143 Å². The molecule has 0 N–H and O–H groups in total. The van der Waals surface area contributed by atoms with Gasteiger partial charge in [0.25, 0.3) is 0 Å². The Morgan fingerprint density at radius 1 is 1.15 bits per heavy atom. The highest BCUT2D eigenvalue weighted by Crippen LogP contribution is 2.33. The van der Waals surface area contributed by atoms with Crippen LogP contribution in [0.25, 0.3) is 16.7 Å². The van der Waals surface area contributed by atoms with Crippen LogP contribution in [0, 0.1) is 0 Å². The van der Waals surface area contributed by atoms with E-state index in [1.807, 2.05) is 41.0 Å². The lowest BCUT2D eigenvalue weighted by Gasteiger charge is -2.11. The van der Waals surface area contributed by atoms with Gasteiger partial charge in [-0.25, -0.2) is 4.98 Å². The van der Waals surface area contributed by atoms with E-state index in [0.717, 1.165) is 31.5 Å². The first-order valence-corrected chi connectivity index (χ1v) is 8.29. The molecule has 0 radical (unpaired) electrons. The second-order valence-electron chi connectivity index (χ2n) is 4.20.